The molecule has 0 aliphatic carbocycles. The van der Waals surface area contributed by atoms with Crippen molar-refractivity contribution in [2.75, 3.05) is 10.7 Å². The first-order valence-electron chi connectivity index (χ1n) is 7.57. The molecular weight excluding hydrogens is 312 g/mol. The zero-order valence-corrected chi connectivity index (χ0v) is 14.1. The maximum Gasteiger partial charge on any atom is 0.263 e. The fourth-order valence-corrected chi connectivity index (χ4v) is 3.47. The number of anilines is 1. The van der Waals surface area contributed by atoms with E-state index >= 15 is 0 Å². The average molecular weight is 330 g/mol. The minimum Gasteiger partial charge on any atom is -0.854 e. The minimum absolute atomic E-state index is 0.0862. The van der Waals surface area contributed by atoms with Crippen molar-refractivity contribution in [1.82, 2.24) is 10.1 Å². The molecule has 1 unspecified atom stereocenters. The van der Waals surface area contributed by atoms with E-state index in [1.807, 2.05) is 31.2 Å². The highest BCUT2D eigenvalue weighted by molar-refractivity contribution is 7.99. The Labute approximate surface area is 139 Å². The van der Waals surface area contributed by atoms with Crippen LogP contribution >= 0.6 is 11.8 Å². The predicted molar refractivity (Wildman–Crippen MR) is 86.0 cm³/mol. The lowest BCUT2D eigenvalue weighted by Gasteiger charge is -2.30. The third kappa shape index (κ3) is 2.65. The lowest BCUT2D eigenvalue weighted by molar-refractivity contribution is -0.769. The van der Waals surface area contributed by atoms with Crippen molar-refractivity contribution in [3.05, 3.63) is 24.3 Å². The van der Waals surface area contributed by atoms with Crippen LogP contribution in [0, 0.1) is 0 Å². The summed E-state index contributed by atoms with van der Waals surface area (Å²) in [5.41, 5.74) is 1.85. The van der Waals surface area contributed by atoms with Gasteiger partial charge in [0.05, 0.1) is 17.1 Å². The van der Waals surface area contributed by atoms with Gasteiger partial charge in [0.2, 0.25) is 5.91 Å². The third-order valence-electron chi connectivity index (χ3n) is 3.74. The van der Waals surface area contributed by atoms with Crippen LogP contribution < -0.4 is 14.7 Å². The molecular formula is C16H18N4O2S. The van der Waals surface area contributed by atoms with Gasteiger partial charge in [-0.25, -0.2) is 4.98 Å². The fraction of sp³-hybridized carbons (Fsp3) is 0.375. The van der Waals surface area contributed by atoms with Gasteiger partial charge in [0.15, 0.2) is 0 Å². The highest BCUT2D eigenvalue weighted by Gasteiger charge is 2.39. The molecule has 3 rings (SSSR count). The Morgan fingerprint density at radius 2 is 2.17 bits per heavy atom. The number of hydrogen-bond acceptors (Lipinski definition) is 5. The summed E-state index contributed by atoms with van der Waals surface area (Å²) in [5, 5.41) is 17.5. The molecule has 7 heteroatoms. The van der Waals surface area contributed by atoms with Crippen LogP contribution in [-0.4, -0.2) is 21.7 Å². The molecule has 1 aliphatic heterocycles. The van der Waals surface area contributed by atoms with E-state index in [-0.39, 0.29) is 18.0 Å². The summed E-state index contributed by atoms with van der Waals surface area (Å²) < 4.78 is 1.62. The number of benzene rings is 1. The van der Waals surface area contributed by atoms with Gasteiger partial charge < -0.3 is 5.11 Å². The zero-order chi connectivity index (χ0) is 16.6. The van der Waals surface area contributed by atoms with Gasteiger partial charge in [-0.3, -0.25) is 9.69 Å². The summed E-state index contributed by atoms with van der Waals surface area (Å²) in [6.07, 6.45) is 0.608. The first kappa shape index (κ1) is 15.7. The molecule has 0 N–H and O–H groups in total. The van der Waals surface area contributed by atoms with Crippen LogP contribution in [0.3, 0.4) is 0 Å². The molecule has 1 aromatic carbocycles. The second-order valence-electron chi connectivity index (χ2n) is 5.38. The molecule has 23 heavy (non-hydrogen) atoms. The van der Waals surface area contributed by atoms with E-state index in [4.69, 9.17) is 0 Å². The molecule has 0 saturated heterocycles. The number of thioether (sulfide) groups is 1. The molecule has 0 radical (unpaired) electrons. The molecule has 120 valence electrons. The number of nitrogens with zero attached hydrogens (tertiary/aromatic N) is 4. The number of amides is 1. The SMILES string of the molecule is CCCSc1nc([O-])c2[n+](n1)C(C)N(C(C)=O)c1ccccc1-2. The van der Waals surface area contributed by atoms with E-state index < -0.39 is 0 Å². The second kappa shape index (κ2) is 6.16. The summed E-state index contributed by atoms with van der Waals surface area (Å²) in [5.74, 6) is 0.457. The van der Waals surface area contributed by atoms with Crippen LogP contribution in [0.15, 0.2) is 29.4 Å². The van der Waals surface area contributed by atoms with Crippen molar-refractivity contribution >= 4 is 23.4 Å². The molecule has 6 nitrogen and oxygen atoms in total. The first-order chi connectivity index (χ1) is 11.0. The van der Waals surface area contributed by atoms with Crippen LogP contribution in [0.25, 0.3) is 11.3 Å². The van der Waals surface area contributed by atoms with Gasteiger partial charge in [0.1, 0.15) is 0 Å². The quantitative estimate of drug-likeness (QED) is 0.635. The van der Waals surface area contributed by atoms with Crippen molar-refractivity contribution in [3.63, 3.8) is 0 Å². The molecule has 1 aromatic heterocycles. The van der Waals surface area contributed by atoms with Crippen LogP contribution in [-0.2, 0) is 4.79 Å². The molecule has 0 spiro atoms. The van der Waals surface area contributed by atoms with Gasteiger partial charge in [-0.05, 0) is 18.6 Å². The Morgan fingerprint density at radius 1 is 1.43 bits per heavy atom. The van der Waals surface area contributed by atoms with Gasteiger partial charge in [-0.15, -0.1) is 0 Å². The fourth-order valence-electron chi connectivity index (χ4n) is 2.79. The molecule has 2 heterocycles. The Bertz CT molecular complexity index is 766. The lowest BCUT2D eigenvalue weighted by Crippen LogP contribution is -2.57. The topological polar surface area (TPSA) is 73.0 Å². The number of fused-ring (bicyclic) bond motifs is 3. The van der Waals surface area contributed by atoms with E-state index in [1.54, 1.807) is 9.58 Å². The van der Waals surface area contributed by atoms with Crippen molar-refractivity contribution < 1.29 is 14.6 Å². The van der Waals surface area contributed by atoms with E-state index in [9.17, 15) is 9.90 Å². The minimum atomic E-state index is -0.367. The standard InChI is InChI=1S/C16H18N4O2S/c1-4-9-23-16-17-15(22)14-12-7-5-6-8-13(12)19(11(3)21)10(2)20(14)18-16/h5-8,10H,4,9H2,1-3H3. The van der Waals surface area contributed by atoms with Crippen molar-refractivity contribution in [2.45, 2.75) is 38.5 Å². The largest absolute Gasteiger partial charge is 0.854 e. The molecule has 1 aliphatic rings. The van der Waals surface area contributed by atoms with E-state index in [2.05, 4.69) is 17.0 Å². The number of para-hydroxylation sites is 1. The van der Waals surface area contributed by atoms with Crippen molar-refractivity contribution in [1.29, 1.82) is 0 Å². The predicted octanol–water partition coefficient (Wildman–Crippen LogP) is 1.89. The van der Waals surface area contributed by atoms with Crippen LogP contribution in [0.5, 0.6) is 5.88 Å². The Kier molecular flexibility index (Phi) is 4.21. The summed E-state index contributed by atoms with van der Waals surface area (Å²) >= 11 is 1.45. The first-order valence-corrected chi connectivity index (χ1v) is 8.56. The average Bonchev–Trinajstić information content (AvgIpc) is 2.52. The summed E-state index contributed by atoms with van der Waals surface area (Å²) in [7, 11) is 0. The summed E-state index contributed by atoms with van der Waals surface area (Å²) in [6.45, 7) is 5.44. The van der Waals surface area contributed by atoms with Crippen LogP contribution in [0.4, 0.5) is 5.69 Å². The highest BCUT2D eigenvalue weighted by Crippen LogP contribution is 2.38. The molecule has 2 aromatic rings. The highest BCUT2D eigenvalue weighted by atomic mass is 32.2. The maximum absolute atomic E-state index is 12.5. The van der Waals surface area contributed by atoms with Gasteiger partial charge in [-0.2, -0.15) is 0 Å². The molecule has 0 fully saturated rings. The monoisotopic (exact) mass is 330 g/mol. The maximum atomic E-state index is 12.5. The Hall–Kier alpha value is -2.15. The Balaban J connectivity index is 2.20. The van der Waals surface area contributed by atoms with Crippen molar-refractivity contribution in [3.8, 4) is 17.1 Å². The van der Waals surface area contributed by atoms with E-state index in [1.165, 1.54) is 18.7 Å². The van der Waals surface area contributed by atoms with Gasteiger partial charge >= 0.3 is 0 Å². The van der Waals surface area contributed by atoms with Gasteiger partial charge in [0.25, 0.3) is 17.0 Å². The lowest BCUT2D eigenvalue weighted by atomic mass is 10.0. The Morgan fingerprint density at radius 3 is 2.87 bits per heavy atom. The second-order valence-corrected chi connectivity index (χ2v) is 6.44. The number of carbonyl (C=O) groups excluding carboxylic acids is 1. The normalized spacial score (nSPS) is 16.0. The van der Waals surface area contributed by atoms with E-state index in [0.29, 0.717) is 16.4 Å². The summed E-state index contributed by atoms with van der Waals surface area (Å²) in [4.78, 5) is 17.9. The zero-order valence-electron chi connectivity index (χ0n) is 13.3. The third-order valence-corrected chi connectivity index (χ3v) is 4.79. The van der Waals surface area contributed by atoms with Crippen LogP contribution in [0.1, 0.15) is 33.4 Å². The molecule has 1 atom stereocenters. The van der Waals surface area contributed by atoms with E-state index in [0.717, 1.165) is 17.9 Å². The van der Waals surface area contributed by atoms with Crippen molar-refractivity contribution in [2.24, 2.45) is 0 Å². The van der Waals surface area contributed by atoms with Gasteiger partial charge in [0, 0.05) is 24.7 Å². The number of hydrogen-bond donors (Lipinski definition) is 0. The smallest absolute Gasteiger partial charge is 0.263 e. The molecule has 0 saturated carbocycles. The summed E-state index contributed by atoms with van der Waals surface area (Å²) in [6, 6.07) is 7.37. The number of rotatable bonds is 3. The number of carbonyl (C=O) groups is 1. The van der Waals surface area contributed by atoms with Crippen LogP contribution in [0.2, 0.25) is 0 Å². The molecule has 1 amide bonds. The number of aromatic nitrogens is 3. The van der Waals surface area contributed by atoms with Gasteiger partial charge in [-0.1, -0.05) is 35.5 Å². The molecule has 0 bridgehead atoms.